The van der Waals surface area contributed by atoms with E-state index in [2.05, 4.69) is 15.9 Å². The van der Waals surface area contributed by atoms with Crippen LogP contribution in [0.1, 0.15) is 0 Å². The molecule has 0 aromatic carbocycles. The van der Waals surface area contributed by atoms with Gasteiger partial charge in [-0.1, -0.05) is 15.9 Å². The zero-order valence-corrected chi connectivity index (χ0v) is 9.86. The summed E-state index contributed by atoms with van der Waals surface area (Å²) < 4.78 is 0. The molecule has 7 nitrogen and oxygen atoms in total. The molecule has 0 aliphatic heterocycles. The molecule has 0 fully saturated rings. The van der Waals surface area contributed by atoms with Crippen molar-refractivity contribution in [2.45, 2.75) is 30.5 Å². The van der Waals surface area contributed by atoms with Gasteiger partial charge in [0.05, 0.1) is 11.9 Å². The maximum Gasteiger partial charge on any atom is 0.174 e. The lowest BCUT2D eigenvalue weighted by molar-refractivity contribution is -0.153. The van der Waals surface area contributed by atoms with Gasteiger partial charge >= 0.3 is 0 Å². The summed E-state index contributed by atoms with van der Waals surface area (Å²) in [5.41, 5.74) is 0. The van der Waals surface area contributed by atoms with E-state index in [4.69, 9.17) is 10.2 Å². The highest BCUT2D eigenvalue weighted by atomic mass is 79.9. The molecule has 0 saturated heterocycles. The van der Waals surface area contributed by atoms with E-state index < -0.39 is 42.9 Å². The highest BCUT2D eigenvalue weighted by Crippen LogP contribution is 2.09. The largest absolute Gasteiger partial charge is 0.394 e. The molecule has 0 spiro atoms. The van der Waals surface area contributed by atoms with Gasteiger partial charge in [0.1, 0.15) is 30.5 Å². The smallest absolute Gasteiger partial charge is 0.174 e. The van der Waals surface area contributed by atoms with Gasteiger partial charge in [0.25, 0.3) is 0 Å². The van der Waals surface area contributed by atoms with Crippen LogP contribution in [-0.2, 0) is 4.79 Å². The van der Waals surface area contributed by atoms with E-state index >= 15 is 0 Å². The van der Waals surface area contributed by atoms with Crippen LogP contribution in [0.4, 0.5) is 0 Å². The van der Waals surface area contributed by atoms with E-state index in [1.165, 1.54) is 0 Å². The van der Waals surface area contributed by atoms with Crippen molar-refractivity contribution >= 4 is 21.7 Å². The van der Waals surface area contributed by atoms with Gasteiger partial charge in [-0.25, -0.2) is 0 Å². The van der Waals surface area contributed by atoms with Crippen molar-refractivity contribution in [1.82, 2.24) is 0 Å². The van der Waals surface area contributed by atoms with Crippen molar-refractivity contribution in [2.75, 3.05) is 11.9 Å². The Kier molecular flexibility index (Phi) is 7.24. The Morgan fingerprint density at radius 2 is 1.50 bits per heavy atom. The zero-order valence-electron chi connectivity index (χ0n) is 8.27. The molecule has 0 radical (unpaired) electrons. The number of carbonyl (C=O) groups is 1. The number of ketones is 1. The lowest BCUT2D eigenvalue weighted by Crippen LogP contribution is -2.52. The molecular formula is C8H15BrO7. The van der Waals surface area contributed by atoms with Crippen molar-refractivity contribution < 1.29 is 35.4 Å². The minimum absolute atomic E-state index is 0.226. The van der Waals surface area contributed by atoms with Gasteiger partial charge in [-0.15, -0.1) is 0 Å². The van der Waals surface area contributed by atoms with Gasteiger partial charge in [0.2, 0.25) is 0 Å². The Morgan fingerprint density at radius 3 is 1.88 bits per heavy atom. The van der Waals surface area contributed by atoms with Crippen LogP contribution in [0.3, 0.4) is 0 Å². The van der Waals surface area contributed by atoms with E-state index in [-0.39, 0.29) is 5.33 Å². The molecule has 5 atom stereocenters. The summed E-state index contributed by atoms with van der Waals surface area (Å²) in [4.78, 5) is 11.0. The fourth-order valence-corrected chi connectivity index (χ4v) is 1.33. The van der Waals surface area contributed by atoms with Gasteiger partial charge in [-0.2, -0.15) is 0 Å². The topological polar surface area (TPSA) is 138 Å². The molecule has 0 aliphatic carbocycles. The third-order valence-corrected chi connectivity index (χ3v) is 2.62. The number of Topliss-reactive ketones (excluding diaryl/α,β-unsaturated/α-hetero) is 1. The van der Waals surface area contributed by atoms with Crippen molar-refractivity contribution in [3.63, 3.8) is 0 Å². The van der Waals surface area contributed by atoms with Crippen LogP contribution in [0.15, 0.2) is 0 Å². The first-order chi connectivity index (χ1) is 7.36. The molecule has 16 heavy (non-hydrogen) atoms. The summed E-state index contributed by atoms with van der Waals surface area (Å²) in [6.45, 7) is -0.826. The lowest BCUT2D eigenvalue weighted by atomic mass is 9.98. The first-order valence-corrected chi connectivity index (χ1v) is 5.58. The van der Waals surface area contributed by atoms with E-state index in [1.54, 1.807) is 0 Å². The average Bonchev–Trinajstić information content (AvgIpc) is 2.32. The van der Waals surface area contributed by atoms with Crippen molar-refractivity contribution in [1.29, 1.82) is 0 Å². The minimum atomic E-state index is -1.94. The summed E-state index contributed by atoms with van der Waals surface area (Å²) in [5.74, 6) is -0.780. The second kappa shape index (κ2) is 7.28. The molecule has 0 heterocycles. The van der Waals surface area contributed by atoms with Crippen molar-refractivity contribution in [3.05, 3.63) is 0 Å². The zero-order chi connectivity index (χ0) is 12.9. The molecule has 6 N–H and O–H groups in total. The first-order valence-electron chi connectivity index (χ1n) is 4.46. The molecular weight excluding hydrogens is 288 g/mol. The average molecular weight is 303 g/mol. The standard InChI is InChI=1S/C8H15BrO7/c9-1-3(11)5(13)7(15)8(16)6(14)4(12)2-10/h4-8,10,12-16H,1-2H2. The molecule has 0 rings (SSSR count). The van der Waals surface area contributed by atoms with Crippen LogP contribution in [0.5, 0.6) is 0 Å². The third kappa shape index (κ3) is 4.06. The Balaban J connectivity index is 4.47. The predicted octanol–water partition coefficient (Wildman–Crippen LogP) is -3.25. The van der Waals surface area contributed by atoms with Gasteiger partial charge in [0, 0.05) is 0 Å². The minimum Gasteiger partial charge on any atom is -0.394 e. The molecule has 96 valence electrons. The van der Waals surface area contributed by atoms with E-state index in [0.29, 0.717) is 0 Å². The Morgan fingerprint density at radius 1 is 1.00 bits per heavy atom. The van der Waals surface area contributed by atoms with Crippen LogP contribution in [0.25, 0.3) is 0 Å². The molecule has 5 unspecified atom stereocenters. The number of carbonyl (C=O) groups excluding carboxylic acids is 1. The second-order valence-corrected chi connectivity index (χ2v) is 3.83. The second-order valence-electron chi connectivity index (χ2n) is 3.27. The number of aliphatic hydroxyl groups is 6. The van der Waals surface area contributed by atoms with Crippen LogP contribution < -0.4 is 0 Å². The van der Waals surface area contributed by atoms with Gasteiger partial charge in [0.15, 0.2) is 5.78 Å². The molecule has 0 amide bonds. The predicted molar refractivity (Wildman–Crippen MR) is 55.9 cm³/mol. The van der Waals surface area contributed by atoms with Crippen molar-refractivity contribution in [3.8, 4) is 0 Å². The van der Waals surface area contributed by atoms with E-state index in [1.807, 2.05) is 0 Å². The molecule has 0 saturated carbocycles. The fraction of sp³-hybridized carbons (Fsp3) is 0.875. The quantitative estimate of drug-likeness (QED) is 0.272. The lowest BCUT2D eigenvalue weighted by Gasteiger charge is -2.27. The Labute approximate surface area is 100 Å². The third-order valence-electron chi connectivity index (χ3n) is 2.07. The van der Waals surface area contributed by atoms with Gasteiger partial charge in [-0.05, 0) is 0 Å². The monoisotopic (exact) mass is 302 g/mol. The maximum absolute atomic E-state index is 11.0. The van der Waals surface area contributed by atoms with Crippen LogP contribution in [-0.4, -0.2) is 78.9 Å². The number of hydrogen-bond donors (Lipinski definition) is 6. The van der Waals surface area contributed by atoms with E-state index in [9.17, 15) is 25.2 Å². The highest BCUT2D eigenvalue weighted by Gasteiger charge is 2.36. The number of halogens is 1. The van der Waals surface area contributed by atoms with Crippen LogP contribution in [0, 0.1) is 0 Å². The summed E-state index contributed by atoms with van der Waals surface area (Å²) >= 11 is 2.76. The molecule has 8 heteroatoms. The highest BCUT2D eigenvalue weighted by molar-refractivity contribution is 9.09. The van der Waals surface area contributed by atoms with Crippen LogP contribution in [0.2, 0.25) is 0 Å². The first kappa shape index (κ1) is 15.9. The van der Waals surface area contributed by atoms with Crippen LogP contribution >= 0.6 is 15.9 Å². The number of hydrogen-bond acceptors (Lipinski definition) is 7. The van der Waals surface area contributed by atoms with Crippen molar-refractivity contribution in [2.24, 2.45) is 0 Å². The summed E-state index contributed by atoms with van der Waals surface area (Å²) in [6.07, 6.45) is -9.30. The molecule has 0 aromatic heterocycles. The van der Waals surface area contributed by atoms with E-state index in [0.717, 1.165) is 0 Å². The summed E-state index contributed by atoms with van der Waals surface area (Å²) in [7, 11) is 0. The SMILES string of the molecule is O=C(CBr)C(O)C(O)C(O)C(O)C(O)CO. The number of aliphatic hydroxyl groups excluding tert-OH is 6. The van der Waals surface area contributed by atoms with Gasteiger partial charge in [-0.3, -0.25) is 4.79 Å². The number of rotatable bonds is 7. The fourth-order valence-electron chi connectivity index (χ4n) is 0.994. The summed E-state index contributed by atoms with van der Waals surface area (Å²) in [6, 6.07) is 0. The molecule has 0 aromatic rings. The molecule has 0 bridgehead atoms. The normalized spacial score (nSPS) is 20.9. The summed E-state index contributed by atoms with van der Waals surface area (Å²) in [5, 5.41) is 54.3. The maximum atomic E-state index is 11.0. The Hall–Kier alpha value is -0.0900. The number of alkyl halides is 1. The Bertz CT molecular complexity index is 224. The molecule has 0 aliphatic rings. The van der Waals surface area contributed by atoms with Gasteiger partial charge < -0.3 is 30.6 Å².